The lowest BCUT2D eigenvalue weighted by molar-refractivity contribution is -0.906. The van der Waals surface area contributed by atoms with Gasteiger partial charge in [0.1, 0.15) is 12.0 Å². The van der Waals surface area contributed by atoms with Crippen molar-refractivity contribution >= 4 is 23.8 Å². The number of carboxylic acids is 2. The summed E-state index contributed by atoms with van der Waals surface area (Å²) in [6.07, 6.45) is 7.33. The highest BCUT2D eigenvalue weighted by Gasteiger charge is 2.54. The largest absolute Gasteiger partial charge is 0.539 e. The van der Waals surface area contributed by atoms with Crippen LogP contribution in [0.4, 0.5) is 0 Å². The molecule has 3 fully saturated rings. The first-order valence-electron chi connectivity index (χ1n) is 12.6. The number of hydrogen-bond donors (Lipinski definition) is 2. The second kappa shape index (κ2) is 10.5. The monoisotopic (exact) mass is 502 g/mol. The van der Waals surface area contributed by atoms with Gasteiger partial charge in [-0.15, -0.1) is 0 Å². The minimum atomic E-state index is -2.07. The molecule has 10 nitrogen and oxygen atoms in total. The van der Waals surface area contributed by atoms with Crippen LogP contribution in [-0.2, 0) is 19.1 Å². The molecule has 2 aliphatic heterocycles. The van der Waals surface area contributed by atoms with Gasteiger partial charge in [0.05, 0.1) is 39.0 Å². The molecule has 1 saturated carbocycles. The third kappa shape index (κ3) is 5.33. The number of furan rings is 1. The highest BCUT2D eigenvalue weighted by Crippen LogP contribution is 2.54. The van der Waals surface area contributed by atoms with E-state index in [2.05, 4.69) is 13.8 Å². The summed E-state index contributed by atoms with van der Waals surface area (Å²) in [6, 6.07) is 3.46. The van der Waals surface area contributed by atoms with Crippen molar-refractivity contribution in [1.29, 1.82) is 0 Å². The van der Waals surface area contributed by atoms with E-state index in [9.17, 15) is 9.59 Å². The fourth-order valence-corrected chi connectivity index (χ4v) is 6.44. The molecule has 4 aliphatic rings. The fraction of sp³-hybridized carbons (Fsp3) is 0.615. The lowest BCUT2D eigenvalue weighted by Crippen LogP contribution is -3.15. The van der Waals surface area contributed by atoms with Gasteiger partial charge in [-0.25, -0.2) is 4.79 Å². The normalized spacial score (nSPS) is 30.0. The summed E-state index contributed by atoms with van der Waals surface area (Å²) in [5.41, 5.74) is 3.39. The van der Waals surface area contributed by atoms with Crippen LogP contribution in [0.2, 0.25) is 0 Å². The molecule has 196 valence electrons. The Labute approximate surface area is 209 Å². The first-order chi connectivity index (χ1) is 17.1. The zero-order chi connectivity index (χ0) is 26.0. The number of aliphatic carboxylic acids is 2. The minimum Gasteiger partial charge on any atom is -0.539 e. The number of ether oxygens (including phenoxy) is 1. The van der Waals surface area contributed by atoms with Crippen LogP contribution in [0.15, 0.2) is 34.0 Å². The Balaban J connectivity index is 0.000000455. The Bertz CT molecular complexity index is 1030. The molecule has 36 heavy (non-hydrogen) atoms. The first kappa shape index (κ1) is 25.9. The molecule has 1 amide bonds. The Hall–Kier alpha value is -3.14. The number of carbonyl (C=O) groups is 4. The highest BCUT2D eigenvalue weighted by atomic mass is 16.6. The van der Waals surface area contributed by atoms with Crippen LogP contribution < -0.4 is 10.0 Å². The van der Waals surface area contributed by atoms with Crippen LogP contribution in [0.3, 0.4) is 0 Å². The molecule has 0 radical (unpaired) electrons. The summed E-state index contributed by atoms with van der Waals surface area (Å²) >= 11 is 0. The summed E-state index contributed by atoms with van der Waals surface area (Å²) in [5.74, 6) is -3.32. The number of nitrogens with one attached hydrogen (secondary N) is 1. The van der Waals surface area contributed by atoms with Gasteiger partial charge in [-0.05, 0) is 56.6 Å². The van der Waals surface area contributed by atoms with Gasteiger partial charge in [-0.2, -0.15) is 0 Å². The van der Waals surface area contributed by atoms with Crippen molar-refractivity contribution in [2.75, 3.05) is 32.7 Å². The minimum absolute atomic E-state index is 0.00657. The molecular formula is C26H34N2O8. The number of quaternary nitrogens is 1. The highest BCUT2D eigenvalue weighted by molar-refractivity contribution is 6.26. The van der Waals surface area contributed by atoms with Gasteiger partial charge < -0.3 is 34.0 Å². The summed E-state index contributed by atoms with van der Waals surface area (Å²) in [4.78, 5) is 46.6. The summed E-state index contributed by atoms with van der Waals surface area (Å²) < 4.78 is 11.2. The van der Waals surface area contributed by atoms with Crippen LogP contribution >= 0.6 is 0 Å². The van der Waals surface area contributed by atoms with Crippen molar-refractivity contribution in [3.63, 3.8) is 0 Å². The topological polar surface area (TPSA) is 142 Å². The number of allylic oxidation sites excluding steroid dienone is 2. The van der Waals surface area contributed by atoms with Crippen molar-refractivity contribution in [2.24, 2.45) is 17.3 Å². The van der Waals surface area contributed by atoms with Crippen LogP contribution in [0.1, 0.15) is 56.5 Å². The molecule has 4 atom stereocenters. The maximum atomic E-state index is 12.8. The quantitative estimate of drug-likeness (QED) is 0.332. The number of nitrogens with zero attached hydrogens (tertiary/aromatic N) is 1. The van der Waals surface area contributed by atoms with Gasteiger partial charge >= 0.3 is 11.9 Å². The SMILES string of the molecule is CC1=C2CC3C(CC2(C)CCC1)OC(=O)C3C[NH+]1CCN(C(=O)c2ccco2)CC1.O=C([O-])C(=O)O. The van der Waals surface area contributed by atoms with Gasteiger partial charge in [0.25, 0.3) is 5.91 Å². The van der Waals surface area contributed by atoms with Gasteiger partial charge in [0, 0.05) is 5.92 Å². The molecule has 1 aromatic rings. The van der Waals surface area contributed by atoms with E-state index in [1.54, 1.807) is 23.3 Å². The summed E-state index contributed by atoms with van der Waals surface area (Å²) in [6.45, 7) is 8.63. The zero-order valence-electron chi connectivity index (χ0n) is 20.8. The summed E-state index contributed by atoms with van der Waals surface area (Å²) in [5, 5.41) is 16.3. The zero-order valence-corrected chi connectivity index (χ0v) is 20.8. The molecule has 3 heterocycles. The number of piperazine rings is 1. The lowest BCUT2D eigenvalue weighted by Gasteiger charge is -2.45. The van der Waals surface area contributed by atoms with Crippen molar-refractivity contribution in [2.45, 2.75) is 52.1 Å². The number of rotatable bonds is 3. The fourth-order valence-electron chi connectivity index (χ4n) is 6.44. The Kier molecular flexibility index (Phi) is 7.54. The Morgan fingerprint density at radius 3 is 2.58 bits per heavy atom. The van der Waals surface area contributed by atoms with E-state index >= 15 is 0 Å². The second-order valence-corrected chi connectivity index (χ2v) is 10.6. The smallest absolute Gasteiger partial charge is 0.351 e. The van der Waals surface area contributed by atoms with E-state index in [4.69, 9.17) is 29.0 Å². The van der Waals surface area contributed by atoms with E-state index in [1.807, 2.05) is 4.90 Å². The third-order valence-corrected chi connectivity index (χ3v) is 8.35. The van der Waals surface area contributed by atoms with Crippen LogP contribution in [0, 0.1) is 17.3 Å². The second-order valence-electron chi connectivity index (χ2n) is 10.6. The average Bonchev–Trinajstić information content (AvgIpc) is 3.47. The van der Waals surface area contributed by atoms with E-state index in [0.29, 0.717) is 24.8 Å². The third-order valence-electron chi connectivity index (χ3n) is 8.35. The lowest BCUT2D eigenvalue weighted by atomic mass is 9.59. The molecule has 2 saturated heterocycles. The molecule has 0 aromatic carbocycles. The predicted molar refractivity (Wildman–Crippen MR) is 124 cm³/mol. The predicted octanol–water partition coefficient (Wildman–Crippen LogP) is -0.100. The van der Waals surface area contributed by atoms with Crippen molar-refractivity contribution < 1.29 is 43.4 Å². The standard InChI is InChI=1S/C24H32N2O4.C2H2O4/c1-16-5-3-7-24(2)14-21-17(13-19(16)24)18(23(28)30-21)15-25-8-10-26(11-9-25)22(27)20-6-4-12-29-20;3-1(4)2(5)6/h4,6,12,17-18,21H,3,5,7-11,13-15H2,1-2H3;(H,3,4)(H,5,6). The number of esters is 1. The number of carbonyl (C=O) groups excluding carboxylic acids is 3. The van der Waals surface area contributed by atoms with Gasteiger partial charge in [-0.1, -0.05) is 18.1 Å². The van der Waals surface area contributed by atoms with Crippen molar-refractivity contribution in [3.05, 3.63) is 35.3 Å². The number of hydrogen-bond acceptors (Lipinski definition) is 7. The van der Waals surface area contributed by atoms with Crippen molar-refractivity contribution in [3.8, 4) is 0 Å². The van der Waals surface area contributed by atoms with E-state index in [0.717, 1.165) is 32.5 Å². The molecule has 2 aliphatic carbocycles. The molecule has 1 aromatic heterocycles. The van der Waals surface area contributed by atoms with E-state index in [1.165, 1.54) is 30.4 Å². The Morgan fingerprint density at radius 1 is 1.28 bits per heavy atom. The molecule has 0 bridgehead atoms. The average molecular weight is 503 g/mol. The molecule has 10 heteroatoms. The molecule has 2 N–H and O–H groups in total. The number of fused-ring (bicyclic) bond motifs is 2. The van der Waals surface area contributed by atoms with Gasteiger partial charge in [0.15, 0.2) is 11.7 Å². The number of amides is 1. The molecule has 0 spiro atoms. The molecule has 4 unspecified atom stereocenters. The molecular weight excluding hydrogens is 468 g/mol. The van der Waals surface area contributed by atoms with E-state index < -0.39 is 11.9 Å². The first-order valence-corrected chi connectivity index (χ1v) is 12.6. The maximum absolute atomic E-state index is 12.8. The van der Waals surface area contributed by atoms with Crippen LogP contribution in [0.25, 0.3) is 0 Å². The maximum Gasteiger partial charge on any atom is 0.351 e. The van der Waals surface area contributed by atoms with Gasteiger partial charge in [-0.3, -0.25) is 9.59 Å². The van der Waals surface area contributed by atoms with Gasteiger partial charge in [0.2, 0.25) is 0 Å². The Morgan fingerprint density at radius 2 is 1.97 bits per heavy atom. The summed E-state index contributed by atoms with van der Waals surface area (Å²) in [7, 11) is 0. The van der Waals surface area contributed by atoms with Crippen LogP contribution in [0.5, 0.6) is 0 Å². The van der Waals surface area contributed by atoms with Crippen molar-refractivity contribution in [1.82, 2.24) is 4.90 Å². The van der Waals surface area contributed by atoms with Crippen LogP contribution in [-0.4, -0.2) is 72.6 Å². The number of carboxylic acid groups (broad SMARTS) is 2. The molecule has 5 rings (SSSR count). The van der Waals surface area contributed by atoms with E-state index in [-0.39, 0.29) is 29.3 Å².